The Morgan fingerprint density at radius 3 is 2.29 bits per heavy atom. The van der Waals surface area contributed by atoms with E-state index in [1.54, 1.807) is 0 Å². The second-order valence-electron chi connectivity index (χ2n) is 3.83. The number of hydrogen-bond donors (Lipinski definition) is 1. The number of nitrogens with zero attached hydrogens (tertiary/aromatic N) is 1. The number of aromatic nitrogens is 1. The molecule has 1 aromatic carbocycles. The third-order valence-corrected chi connectivity index (χ3v) is 2.93. The molecular formula is C14H14NOS+. The highest BCUT2D eigenvalue weighted by atomic mass is 32.1. The molecule has 17 heavy (non-hydrogen) atoms. The van der Waals surface area contributed by atoms with Crippen LogP contribution in [0, 0.1) is 0 Å². The second kappa shape index (κ2) is 5.64. The molecule has 0 unspecified atom stereocenters. The van der Waals surface area contributed by atoms with E-state index in [1.165, 1.54) is 0 Å². The maximum absolute atomic E-state index is 11.9. The van der Waals surface area contributed by atoms with Gasteiger partial charge in [0.2, 0.25) is 12.3 Å². The van der Waals surface area contributed by atoms with Crippen molar-refractivity contribution in [2.45, 2.75) is 12.3 Å². The van der Waals surface area contributed by atoms with Crippen molar-refractivity contribution in [1.29, 1.82) is 0 Å². The average Bonchev–Trinajstić information content (AvgIpc) is 2.40. The van der Waals surface area contributed by atoms with Gasteiger partial charge in [0.15, 0.2) is 12.4 Å². The van der Waals surface area contributed by atoms with Gasteiger partial charge in [-0.3, -0.25) is 4.79 Å². The zero-order chi connectivity index (χ0) is 12.1. The Hall–Kier alpha value is -1.61. The van der Waals surface area contributed by atoms with Crippen molar-refractivity contribution in [3.05, 3.63) is 66.0 Å². The molecule has 0 saturated heterocycles. The zero-order valence-electron chi connectivity index (χ0n) is 9.41. The molecule has 0 radical (unpaired) electrons. The van der Waals surface area contributed by atoms with Gasteiger partial charge in [0.05, 0.1) is 0 Å². The van der Waals surface area contributed by atoms with Crippen molar-refractivity contribution in [3.8, 4) is 0 Å². The minimum absolute atomic E-state index is 0.120. The molecule has 0 amide bonds. The van der Waals surface area contributed by atoms with Gasteiger partial charge in [-0.25, -0.2) is 0 Å². The van der Waals surface area contributed by atoms with E-state index in [4.69, 9.17) is 0 Å². The summed E-state index contributed by atoms with van der Waals surface area (Å²) in [5.41, 5.74) is 1.90. The van der Waals surface area contributed by atoms with Crippen molar-refractivity contribution >= 4 is 18.4 Å². The first kappa shape index (κ1) is 11.9. The minimum Gasteiger partial charge on any atom is -0.287 e. The van der Waals surface area contributed by atoms with E-state index in [2.05, 4.69) is 12.6 Å². The number of thiol groups is 1. The number of benzene rings is 1. The number of carbonyl (C=O) groups is 1. The number of rotatable bonds is 4. The van der Waals surface area contributed by atoms with E-state index in [0.29, 0.717) is 12.3 Å². The Morgan fingerprint density at radius 2 is 1.71 bits per heavy atom. The van der Waals surface area contributed by atoms with Gasteiger partial charge in [-0.1, -0.05) is 30.3 Å². The summed E-state index contributed by atoms with van der Waals surface area (Å²) in [5, 5.41) is 0. The Bertz CT molecular complexity index is 493. The van der Waals surface area contributed by atoms with Gasteiger partial charge in [0.25, 0.3) is 0 Å². The van der Waals surface area contributed by atoms with E-state index in [1.807, 2.05) is 59.4 Å². The summed E-state index contributed by atoms with van der Waals surface area (Å²) in [6.07, 6.45) is 3.82. The second-order valence-corrected chi connectivity index (χ2v) is 4.14. The largest absolute Gasteiger partial charge is 0.287 e. The lowest BCUT2D eigenvalue weighted by atomic mass is 10.1. The number of carbonyl (C=O) groups excluding carboxylic acids is 1. The zero-order valence-corrected chi connectivity index (χ0v) is 10.3. The van der Waals surface area contributed by atoms with Crippen LogP contribution in [-0.2, 0) is 12.3 Å². The van der Waals surface area contributed by atoms with Gasteiger partial charge < -0.3 is 0 Å². The number of Topliss-reactive ketones (excluding diaryl/α,β-unsaturated/α-hetero) is 1. The van der Waals surface area contributed by atoms with Crippen LogP contribution >= 0.6 is 12.6 Å². The fourth-order valence-corrected chi connectivity index (χ4v) is 1.79. The molecule has 0 aliphatic carbocycles. The van der Waals surface area contributed by atoms with Crippen LogP contribution in [0.3, 0.4) is 0 Å². The van der Waals surface area contributed by atoms with Crippen LogP contribution in [-0.4, -0.2) is 5.78 Å². The summed E-state index contributed by atoms with van der Waals surface area (Å²) in [5.74, 6) is 0.835. The van der Waals surface area contributed by atoms with Gasteiger partial charge in [-0.05, 0) is 5.56 Å². The van der Waals surface area contributed by atoms with Crippen LogP contribution < -0.4 is 4.57 Å². The molecule has 0 atom stereocenters. The molecule has 0 N–H and O–H groups in total. The third-order valence-electron chi connectivity index (χ3n) is 2.56. The maximum Gasteiger partial charge on any atom is 0.227 e. The van der Waals surface area contributed by atoms with Crippen LogP contribution in [0.2, 0.25) is 0 Å². The van der Waals surface area contributed by atoms with Crippen LogP contribution in [0.5, 0.6) is 0 Å². The summed E-state index contributed by atoms with van der Waals surface area (Å²) < 4.78 is 1.88. The van der Waals surface area contributed by atoms with Crippen LogP contribution in [0.1, 0.15) is 15.9 Å². The molecule has 3 heteroatoms. The lowest BCUT2D eigenvalue weighted by Crippen LogP contribution is -2.37. The predicted octanol–water partition coefficient (Wildman–Crippen LogP) is 2.29. The highest BCUT2D eigenvalue weighted by Gasteiger charge is 2.10. The number of hydrogen-bond acceptors (Lipinski definition) is 2. The van der Waals surface area contributed by atoms with E-state index in [9.17, 15) is 4.79 Å². The molecule has 1 heterocycles. The van der Waals surface area contributed by atoms with Gasteiger partial charge in [0.1, 0.15) is 0 Å². The molecule has 2 aromatic rings. The van der Waals surface area contributed by atoms with Crippen LogP contribution in [0.15, 0.2) is 54.9 Å². The van der Waals surface area contributed by atoms with Gasteiger partial charge in [-0.15, -0.1) is 0 Å². The van der Waals surface area contributed by atoms with E-state index in [0.717, 1.165) is 11.1 Å². The molecule has 86 valence electrons. The van der Waals surface area contributed by atoms with E-state index >= 15 is 0 Å². The molecule has 2 rings (SSSR count). The van der Waals surface area contributed by atoms with Crippen molar-refractivity contribution in [3.63, 3.8) is 0 Å². The molecule has 2 nitrogen and oxygen atoms in total. The molecule has 0 bridgehead atoms. The summed E-state index contributed by atoms with van der Waals surface area (Å²) in [7, 11) is 0. The number of ketones is 1. The average molecular weight is 244 g/mol. The van der Waals surface area contributed by atoms with Crippen molar-refractivity contribution in [2.75, 3.05) is 0 Å². The smallest absolute Gasteiger partial charge is 0.227 e. The summed E-state index contributed by atoms with van der Waals surface area (Å²) in [6.45, 7) is 0.372. The maximum atomic E-state index is 11.9. The molecule has 0 aliphatic rings. The Kier molecular flexibility index (Phi) is 3.94. The predicted molar refractivity (Wildman–Crippen MR) is 70.1 cm³/mol. The Balaban J connectivity index is 2.08. The molecule has 1 aromatic heterocycles. The summed E-state index contributed by atoms with van der Waals surface area (Å²) in [6, 6.07) is 13.3. The van der Waals surface area contributed by atoms with Gasteiger partial charge in [-0.2, -0.15) is 17.2 Å². The Morgan fingerprint density at radius 1 is 1.06 bits per heavy atom. The highest BCUT2D eigenvalue weighted by molar-refractivity contribution is 7.79. The minimum atomic E-state index is 0.120. The van der Waals surface area contributed by atoms with Crippen molar-refractivity contribution in [1.82, 2.24) is 0 Å². The van der Waals surface area contributed by atoms with E-state index in [-0.39, 0.29) is 5.78 Å². The Labute approximate surface area is 106 Å². The van der Waals surface area contributed by atoms with Gasteiger partial charge in [0, 0.05) is 23.4 Å². The first-order valence-electron chi connectivity index (χ1n) is 5.46. The molecule has 0 saturated carbocycles. The summed E-state index contributed by atoms with van der Waals surface area (Å²) in [4.78, 5) is 11.9. The molecule has 0 spiro atoms. The SMILES string of the molecule is O=C(C[n+]1ccc(CS)cc1)c1ccccc1. The number of pyridine rings is 1. The monoisotopic (exact) mass is 244 g/mol. The lowest BCUT2D eigenvalue weighted by Gasteiger charge is -1.98. The highest BCUT2D eigenvalue weighted by Crippen LogP contribution is 2.01. The summed E-state index contributed by atoms with van der Waals surface area (Å²) >= 11 is 4.20. The van der Waals surface area contributed by atoms with Crippen molar-refractivity contribution in [2.24, 2.45) is 0 Å². The fraction of sp³-hybridized carbons (Fsp3) is 0.143. The van der Waals surface area contributed by atoms with E-state index < -0.39 is 0 Å². The molecule has 0 aliphatic heterocycles. The quantitative estimate of drug-likeness (QED) is 0.497. The third kappa shape index (κ3) is 3.17. The first-order valence-corrected chi connectivity index (χ1v) is 6.10. The fourth-order valence-electron chi connectivity index (χ4n) is 1.58. The molecular weight excluding hydrogens is 230 g/mol. The molecule has 0 fully saturated rings. The first-order chi connectivity index (χ1) is 8.29. The van der Waals surface area contributed by atoms with Crippen molar-refractivity contribution < 1.29 is 9.36 Å². The standard InChI is InChI=1S/C14H13NOS/c16-14(13-4-2-1-3-5-13)10-15-8-6-12(11-17)7-9-15/h1-9H,10-11H2/p+1. The van der Waals surface area contributed by atoms with Gasteiger partial charge >= 0.3 is 0 Å². The lowest BCUT2D eigenvalue weighted by molar-refractivity contribution is -0.683. The van der Waals surface area contributed by atoms with Crippen LogP contribution in [0.25, 0.3) is 0 Å². The van der Waals surface area contributed by atoms with Crippen LogP contribution in [0.4, 0.5) is 0 Å². The normalized spacial score (nSPS) is 10.2. The topological polar surface area (TPSA) is 20.9 Å².